The molecule has 0 aromatic heterocycles. The third-order valence-electron chi connectivity index (χ3n) is 6.72. The molecule has 98 valence electrons. The van der Waals surface area contributed by atoms with Crippen molar-refractivity contribution in [3.63, 3.8) is 0 Å². The van der Waals surface area contributed by atoms with Gasteiger partial charge in [-0.15, -0.1) is 6.04 Å². The SMILES string of the molecule is C[N-][C@H]1C2(C)CC[C@@H]3C(C2)C(C(C)C)CC31C. The Morgan fingerprint density at radius 1 is 1.18 bits per heavy atom. The van der Waals surface area contributed by atoms with Gasteiger partial charge in [-0.3, -0.25) is 0 Å². The molecule has 0 aromatic rings. The molecular weight excluding hydrogens is 206 g/mol. The number of rotatable bonds is 2. The van der Waals surface area contributed by atoms with Gasteiger partial charge in [-0.05, 0) is 60.2 Å². The third-order valence-corrected chi connectivity index (χ3v) is 6.72. The van der Waals surface area contributed by atoms with Crippen LogP contribution >= 0.6 is 0 Å². The van der Waals surface area contributed by atoms with Crippen LogP contribution in [0, 0.1) is 34.5 Å². The minimum atomic E-state index is 0.520. The summed E-state index contributed by atoms with van der Waals surface area (Å²) in [4.78, 5) is 0. The summed E-state index contributed by atoms with van der Waals surface area (Å²) in [6.07, 6.45) is 5.80. The fraction of sp³-hybridized carbons (Fsp3) is 1.00. The summed E-state index contributed by atoms with van der Waals surface area (Å²) in [7, 11) is 2.07. The van der Waals surface area contributed by atoms with E-state index >= 15 is 0 Å². The Balaban J connectivity index is 2.01. The van der Waals surface area contributed by atoms with Crippen molar-refractivity contribution < 1.29 is 0 Å². The third kappa shape index (κ3) is 1.35. The number of hydrogen-bond donors (Lipinski definition) is 0. The van der Waals surface area contributed by atoms with Gasteiger partial charge in [0.1, 0.15) is 0 Å². The molecule has 4 aliphatic rings. The Kier molecular flexibility index (Phi) is 2.47. The van der Waals surface area contributed by atoms with E-state index in [0.29, 0.717) is 16.9 Å². The van der Waals surface area contributed by atoms with Crippen LogP contribution in [0.4, 0.5) is 0 Å². The van der Waals surface area contributed by atoms with E-state index < -0.39 is 0 Å². The average molecular weight is 234 g/mol. The predicted molar refractivity (Wildman–Crippen MR) is 73.1 cm³/mol. The molecule has 4 bridgehead atoms. The maximum Gasteiger partial charge on any atom is -0.0342 e. The van der Waals surface area contributed by atoms with Crippen LogP contribution in [0.1, 0.15) is 53.4 Å². The molecule has 6 atom stereocenters. The zero-order valence-electron chi connectivity index (χ0n) is 12.2. The number of hydrogen-bond acceptors (Lipinski definition) is 0. The molecule has 0 heterocycles. The summed E-state index contributed by atoms with van der Waals surface area (Å²) in [6, 6.07) is 0.633. The molecule has 4 rings (SSSR count). The molecule has 4 fully saturated rings. The van der Waals surface area contributed by atoms with Gasteiger partial charge in [-0.25, -0.2) is 0 Å². The minimum Gasteiger partial charge on any atom is -0.661 e. The van der Waals surface area contributed by atoms with Crippen LogP contribution in [-0.2, 0) is 0 Å². The van der Waals surface area contributed by atoms with Crippen molar-refractivity contribution in [1.29, 1.82) is 0 Å². The van der Waals surface area contributed by atoms with E-state index in [1.54, 1.807) is 0 Å². The molecule has 0 radical (unpaired) electrons. The second kappa shape index (κ2) is 3.50. The van der Waals surface area contributed by atoms with Crippen LogP contribution in [0.3, 0.4) is 0 Å². The van der Waals surface area contributed by atoms with Crippen LogP contribution in [0.5, 0.6) is 0 Å². The molecule has 0 aromatic carbocycles. The van der Waals surface area contributed by atoms with Crippen LogP contribution in [-0.4, -0.2) is 13.1 Å². The molecule has 0 aliphatic heterocycles. The molecule has 1 heteroatoms. The van der Waals surface area contributed by atoms with Crippen molar-refractivity contribution in [2.24, 2.45) is 34.5 Å². The first kappa shape index (κ1) is 12.0. The van der Waals surface area contributed by atoms with Gasteiger partial charge in [0.2, 0.25) is 0 Å². The van der Waals surface area contributed by atoms with Crippen molar-refractivity contribution in [3.8, 4) is 0 Å². The molecule has 0 N–H and O–H groups in total. The Morgan fingerprint density at radius 2 is 1.88 bits per heavy atom. The lowest BCUT2D eigenvalue weighted by atomic mass is 9.48. The Bertz CT molecular complexity index is 323. The molecule has 0 saturated heterocycles. The predicted octanol–water partition coefficient (Wildman–Crippen LogP) is 4.48. The van der Waals surface area contributed by atoms with E-state index in [2.05, 4.69) is 34.7 Å². The second-order valence-electron chi connectivity index (χ2n) is 7.95. The molecule has 4 unspecified atom stereocenters. The van der Waals surface area contributed by atoms with E-state index in [-0.39, 0.29) is 0 Å². The minimum absolute atomic E-state index is 0.520. The van der Waals surface area contributed by atoms with Crippen molar-refractivity contribution in [1.82, 2.24) is 0 Å². The molecule has 0 amide bonds. The van der Waals surface area contributed by atoms with E-state index in [0.717, 1.165) is 23.7 Å². The van der Waals surface area contributed by atoms with Crippen molar-refractivity contribution in [2.45, 2.75) is 59.4 Å². The lowest BCUT2D eigenvalue weighted by molar-refractivity contribution is -0.0548. The smallest absolute Gasteiger partial charge is 0.0342 e. The topological polar surface area (TPSA) is 14.1 Å². The summed E-state index contributed by atoms with van der Waals surface area (Å²) in [5.74, 6) is 3.82. The van der Waals surface area contributed by atoms with Crippen molar-refractivity contribution in [3.05, 3.63) is 5.32 Å². The molecule has 4 saturated carbocycles. The van der Waals surface area contributed by atoms with Gasteiger partial charge in [-0.2, -0.15) is 7.05 Å². The Morgan fingerprint density at radius 3 is 2.47 bits per heavy atom. The van der Waals surface area contributed by atoms with Crippen LogP contribution in [0.25, 0.3) is 5.32 Å². The molecular formula is C16H28N-. The molecule has 0 spiro atoms. The molecule has 4 aliphatic carbocycles. The monoisotopic (exact) mass is 234 g/mol. The van der Waals surface area contributed by atoms with Gasteiger partial charge in [0.25, 0.3) is 0 Å². The summed E-state index contributed by atoms with van der Waals surface area (Å²) >= 11 is 0. The van der Waals surface area contributed by atoms with Crippen molar-refractivity contribution >= 4 is 0 Å². The van der Waals surface area contributed by atoms with Crippen LogP contribution in [0.2, 0.25) is 0 Å². The standard InChI is InChI=1S/C16H28N/c1-10(2)11-9-16(4)13-6-7-15(3,8-12(11)13)14(16)17-5/h10-14H,6-9H2,1-5H3/q-1/t11?,12?,13-,14+,15?,16?/m1/s1. The summed E-state index contributed by atoms with van der Waals surface area (Å²) in [5.41, 5.74) is 1.05. The van der Waals surface area contributed by atoms with E-state index in [1.807, 2.05) is 0 Å². The largest absolute Gasteiger partial charge is 0.661 e. The highest BCUT2D eigenvalue weighted by molar-refractivity contribution is 5.22. The van der Waals surface area contributed by atoms with Crippen LogP contribution in [0.15, 0.2) is 0 Å². The van der Waals surface area contributed by atoms with Gasteiger partial charge in [0.05, 0.1) is 0 Å². The quantitative estimate of drug-likeness (QED) is 0.669. The highest BCUT2D eigenvalue weighted by Crippen LogP contribution is 2.71. The van der Waals surface area contributed by atoms with E-state index in [1.165, 1.54) is 25.7 Å². The van der Waals surface area contributed by atoms with E-state index in [9.17, 15) is 0 Å². The molecule has 1 nitrogen and oxygen atoms in total. The van der Waals surface area contributed by atoms with Gasteiger partial charge in [-0.1, -0.05) is 27.7 Å². The highest BCUT2D eigenvalue weighted by Gasteiger charge is 2.62. The van der Waals surface area contributed by atoms with Crippen molar-refractivity contribution in [2.75, 3.05) is 7.05 Å². The maximum atomic E-state index is 4.85. The summed E-state index contributed by atoms with van der Waals surface area (Å²) in [6.45, 7) is 9.95. The summed E-state index contributed by atoms with van der Waals surface area (Å²) < 4.78 is 0. The fourth-order valence-electron chi connectivity index (χ4n) is 6.26. The molecule has 17 heavy (non-hydrogen) atoms. The Labute approximate surface area is 107 Å². The number of fused-ring (bicyclic) bond motifs is 1. The van der Waals surface area contributed by atoms with Gasteiger partial charge >= 0.3 is 0 Å². The van der Waals surface area contributed by atoms with E-state index in [4.69, 9.17) is 5.32 Å². The number of nitrogens with zero attached hydrogens (tertiary/aromatic N) is 1. The first-order valence-electron chi connectivity index (χ1n) is 7.51. The lowest BCUT2D eigenvalue weighted by Gasteiger charge is -2.65. The fourth-order valence-corrected chi connectivity index (χ4v) is 6.26. The van der Waals surface area contributed by atoms with Gasteiger partial charge < -0.3 is 5.32 Å². The maximum absolute atomic E-state index is 4.85. The van der Waals surface area contributed by atoms with Crippen LogP contribution < -0.4 is 0 Å². The Hall–Kier alpha value is -0.0400. The summed E-state index contributed by atoms with van der Waals surface area (Å²) in [5, 5.41) is 4.85. The first-order chi connectivity index (χ1) is 7.92. The lowest BCUT2D eigenvalue weighted by Crippen LogP contribution is -2.56. The highest BCUT2D eigenvalue weighted by atomic mass is 15.0. The first-order valence-corrected chi connectivity index (χ1v) is 7.51. The normalized spacial score (nSPS) is 56.8. The average Bonchev–Trinajstić information content (AvgIpc) is 2.48. The van der Waals surface area contributed by atoms with Gasteiger partial charge in [0.15, 0.2) is 0 Å². The zero-order valence-corrected chi connectivity index (χ0v) is 12.2. The van der Waals surface area contributed by atoms with Gasteiger partial charge in [0, 0.05) is 0 Å². The second-order valence-corrected chi connectivity index (χ2v) is 7.95. The zero-order chi connectivity index (χ0) is 12.4.